The summed E-state index contributed by atoms with van der Waals surface area (Å²) in [4.78, 5) is 4.72. The summed E-state index contributed by atoms with van der Waals surface area (Å²) in [7, 11) is 0. The normalized spacial score (nSPS) is 14.7. The van der Waals surface area contributed by atoms with Gasteiger partial charge in [-0.1, -0.05) is 30.3 Å². The van der Waals surface area contributed by atoms with E-state index < -0.39 is 0 Å². The molecule has 1 aromatic heterocycles. The predicted molar refractivity (Wildman–Crippen MR) is 103 cm³/mol. The Morgan fingerprint density at radius 1 is 1.04 bits per heavy atom. The highest BCUT2D eigenvalue weighted by atomic mass is 79.9. The third-order valence-corrected chi connectivity index (χ3v) is 4.93. The number of aryl methyl sites for hydroxylation is 1. The molecule has 8 heteroatoms. The second kappa shape index (κ2) is 6.20. The van der Waals surface area contributed by atoms with Crippen LogP contribution in [0.3, 0.4) is 0 Å². The van der Waals surface area contributed by atoms with Crippen LogP contribution in [0.15, 0.2) is 61.5 Å². The smallest absolute Gasteiger partial charge is 0.205 e. The molecule has 3 aromatic rings. The molecule has 1 aliphatic heterocycles. The lowest BCUT2D eigenvalue weighted by atomic mass is 10.1. The van der Waals surface area contributed by atoms with Crippen LogP contribution in [0, 0.1) is 6.92 Å². The molecule has 0 radical (unpaired) electrons. The number of rotatable bonds is 2. The molecule has 1 N–H and O–H groups in total. The fourth-order valence-corrected chi connectivity index (χ4v) is 3.68. The van der Waals surface area contributed by atoms with Crippen LogP contribution in [0.25, 0.3) is 0 Å². The molecule has 0 atom stereocenters. The first-order valence-electron chi connectivity index (χ1n) is 7.38. The van der Waals surface area contributed by atoms with E-state index in [-0.39, 0.29) is 5.75 Å². The molecular formula is C17H11Br2N5O. The molecule has 0 unspecified atom stereocenters. The zero-order valence-corrected chi connectivity index (χ0v) is 16.2. The Bertz CT molecular complexity index is 1020. The number of benzene rings is 2. The summed E-state index contributed by atoms with van der Waals surface area (Å²) in [6, 6.07) is 13.3. The third-order valence-electron chi connectivity index (χ3n) is 3.72. The summed E-state index contributed by atoms with van der Waals surface area (Å²) in [5, 5.41) is 22.8. The SMILES string of the molecule is Cc1nnc2n1N=C(c1ccccc1)C2=Nc1cc(Br)c(O)c(Br)c1. The van der Waals surface area contributed by atoms with Crippen molar-refractivity contribution in [1.82, 2.24) is 14.9 Å². The Balaban J connectivity index is 1.90. The van der Waals surface area contributed by atoms with Gasteiger partial charge in [-0.25, -0.2) is 4.99 Å². The fourth-order valence-electron chi connectivity index (χ4n) is 2.52. The molecule has 0 aliphatic carbocycles. The van der Waals surface area contributed by atoms with Crippen LogP contribution in [0.2, 0.25) is 0 Å². The van der Waals surface area contributed by atoms with Crippen LogP contribution in [-0.4, -0.2) is 31.4 Å². The van der Waals surface area contributed by atoms with Gasteiger partial charge in [0.1, 0.15) is 17.2 Å². The third kappa shape index (κ3) is 2.81. The first-order chi connectivity index (χ1) is 12.0. The van der Waals surface area contributed by atoms with Crippen molar-refractivity contribution >= 4 is 49.0 Å². The highest BCUT2D eigenvalue weighted by Gasteiger charge is 2.28. The largest absolute Gasteiger partial charge is 0.506 e. The first-order valence-corrected chi connectivity index (χ1v) is 8.97. The van der Waals surface area contributed by atoms with Crippen molar-refractivity contribution in [2.45, 2.75) is 6.92 Å². The Kier molecular flexibility index (Phi) is 4.01. The Morgan fingerprint density at radius 3 is 2.40 bits per heavy atom. The molecule has 0 saturated carbocycles. The van der Waals surface area contributed by atoms with Gasteiger partial charge in [-0.15, -0.1) is 10.2 Å². The molecular weight excluding hydrogens is 450 g/mol. The summed E-state index contributed by atoms with van der Waals surface area (Å²) in [6.45, 7) is 1.85. The zero-order valence-electron chi connectivity index (χ0n) is 13.0. The maximum absolute atomic E-state index is 9.89. The number of aromatic hydroxyl groups is 1. The molecule has 0 amide bonds. The lowest BCUT2D eigenvalue weighted by Gasteiger charge is -2.05. The number of halogens is 2. The van der Waals surface area contributed by atoms with Gasteiger partial charge < -0.3 is 5.11 Å². The molecule has 2 heterocycles. The lowest BCUT2D eigenvalue weighted by molar-refractivity contribution is 0.468. The lowest BCUT2D eigenvalue weighted by Crippen LogP contribution is -2.13. The minimum absolute atomic E-state index is 0.131. The Morgan fingerprint density at radius 2 is 1.72 bits per heavy atom. The van der Waals surface area contributed by atoms with Crippen LogP contribution in [0.4, 0.5) is 5.69 Å². The van der Waals surface area contributed by atoms with Crippen molar-refractivity contribution in [2.24, 2.45) is 10.1 Å². The van der Waals surface area contributed by atoms with Gasteiger partial charge in [0.05, 0.1) is 14.6 Å². The van der Waals surface area contributed by atoms with E-state index in [0.29, 0.717) is 32.0 Å². The number of aromatic nitrogens is 3. The van der Waals surface area contributed by atoms with Gasteiger partial charge in [-0.3, -0.25) is 0 Å². The van der Waals surface area contributed by atoms with E-state index in [1.165, 1.54) is 0 Å². The van der Waals surface area contributed by atoms with E-state index in [9.17, 15) is 5.11 Å². The van der Waals surface area contributed by atoms with Crippen molar-refractivity contribution < 1.29 is 5.11 Å². The van der Waals surface area contributed by atoms with Crippen molar-refractivity contribution in [2.75, 3.05) is 0 Å². The van der Waals surface area contributed by atoms with Gasteiger partial charge in [-0.2, -0.15) is 9.78 Å². The Hall–Kier alpha value is -2.32. The van der Waals surface area contributed by atoms with Crippen LogP contribution in [-0.2, 0) is 0 Å². The Labute approximate surface area is 160 Å². The summed E-state index contributed by atoms with van der Waals surface area (Å²) in [5.74, 6) is 1.42. The first kappa shape index (κ1) is 16.2. The average molecular weight is 461 g/mol. The van der Waals surface area contributed by atoms with E-state index in [2.05, 4.69) is 47.2 Å². The standard InChI is InChI=1S/C17H11Br2N5O/c1-9-21-22-17-15(20-11-7-12(18)16(25)13(19)8-11)14(23-24(9)17)10-5-3-2-4-6-10/h2-8,25H,1H3. The monoisotopic (exact) mass is 459 g/mol. The minimum atomic E-state index is 0.131. The van der Waals surface area contributed by atoms with Gasteiger partial charge in [0.25, 0.3) is 0 Å². The fraction of sp³-hybridized carbons (Fsp3) is 0.0588. The molecule has 6 nitrogen and oxygen atoms in total. The van der Waals surface area contributed by atoms with Crippen molar-refractivity contribution in [3.05, 3.63) is 68.6 Å². The van der Waals surface area contributed by atoms with Gasteiger partial charge in [0.15, 0.2) is 5.82 Å². The molecule has 0 spiro atoms. The molecule has 124 valence electrons. The summed E-state index contributed by atoms with van der Waals surface area (Å²) in [6.07, 6.45) is 0. The summed E-state index contributed by atoms with van der Waals surface area (Å²) >= 11 is 6.66. The van der Waals surface area contributed by atoms with E-state index in [4.69, 9.17) is 4.99 Å². The highest BCUT2D eigenvalue weighted by molar-refractivity contribution is 9.11. The van der Waals surface area contributed by atoms with Crippen LogP contribution in [0.5, 0.6) is 5.75 Å². The number of aliphatic imine (C=N–C) groups is 1. The molecule has 1 aliphatic rings. The number of hydrogen-bond acceptors (Lipinski definition) is 5. The molecule has 0 fully saturated rings. The number of phenolic OH excluding ortho intramolecular Hbond substituents is 1. The predicted octanol–water partition coefficient (Wildman–Crippen LogP) is 4.20. The van der Waals surface area contributed by atoms with E-state index in [1.54, 1.807) is 16.8 Å². The highest BCUT2D eigenvalue weighted by Crippen LogP contribution is 2.36. The van der Waals surface area contributed by atoms with Crippen LogP contribution < -0.4 is 0 Å². The van der Waals surface area contributed by atoms with Gasteiger partial charge in [-0.05, 0) is 50.9 Å². The van der Waals surface area contributed by atoms with Crippen molar-refractivity contribution in [3.63, 3.8) is 0 Å². The van der Waals surface area contributed by atoms with Crippen molar-refractivity contribution in [3.8, 4) is 5.75 Å². The van der Waals surface area contributed by atoms with Gasteiger partial charge in [0.2, 0.25) is 5.82 Å². The summed E-state index contributed by atoms with van der Waals surface area (Å²) in [5.41, 5.74) is 2.97. The van der Waals surface area contributed by atoms with E-state index in [1.807, 2.05) is 37.3 Å². The van der Waals surface area contributed by atoms with Gasteiger partial charge >= 0.3 is 0 Å². The molecule has 4 rings (SSSR count). The number of phenols is 1. The average Bonchev–Trinajstić information content (AvgIpc) is 3.14. The van der Waals surface area contributed by atoms with Gasteiger partial charge in [0, 0.05) is 5.56 Å². The number of hydrogen-bond donors (Lipinski definition) is 1. The molecule has 2 aromatic carbocycles. The maximum atomic E-state index is 9.89. The molecule has 0 saturated heterocycles. The number of fused-ring (bicyclic) bond motifs is 1. The minimum Gasteiger partial charge on any atom is -0.506 e. The van der Waals surface area contributed by atoms with Crippen LogP contribution >= 0.6 is 31.9 Å². The topological polar surface area (TPSA) is 75.7 Å². The number of nitrogens with zero attached hydrogens (tertiary/aromatic N) is 5. The molecule has 0 bridgehead atoms. The quantitative estimate of drug-likeness (QED) is 0.622. The summed E-state index contributed by atoms with van der Waals surface area (Å²) < 4.78 is 2.79. The van der Waals surface area contributed by atoms with E-state index >= 15 is 0 Å². The van der Waals surface area contributed by atoms with E-state index in [0.717, 1.165) is 11.3 Å². The zero-order chi connectivity index (χ0) is 17.6. The van der Waals surface area contributed by atoms with Crippen LogP contribution in [0.1, 0.15) is 17.2 Å². The second-order valence-electron chi connectivity index (χ2n) is 5.42. The molecule has 25 heavy (non-hydrogen) atoms. The second-order valence-corrected chi connectivity index (χ2v) is 7.12. The maximum Gasteiger partial charge on any atom is 0.205 e. The van der Waals surface area contributed by atoms with Crippen molar-refractivity contribution in [1.29, 1.82) is 0 Å².